The molecule has 4 nitrogen and oxygen atoms in total. The Morgan fingerprint density at radius 2 is 2.19 bits per heavy atom. The molecular formula is C20H20N2O2S3. The van der Waals surface area contributed by atoms with Crippen LogP contribution in [-0.4, -0.2) is 21.1 Å². The van der Waals surface area contributed by atoms with E-state index < -0.39 is 0 Å². The van der Waals surface area contributed by atoms with Crippen LogP contribution in [0.2, 0.25) is 0 Å². The third kappa shape index (κ3) is 3.68. The highest BCUT2D eigenvalue weighted by molar-refractivity contribution is 7.99. The van der Waals surface area contributed by atoms with Gasteiger partial charge in [-0.1, -0.05) is 30.0 Å². The summed E-state index contributed by atoms with van der Waals surface area (Å²) < 4.78 is 1.69. The minimum absolute atomic E-state index is 0.00784. The zero-order chi connectivity index (χ0) is 19.0. The zero-order valence-electron chi connectivity index (χ0n) is 15.1. The van der Waals surface area contributed by atoms with E-state index in [1.54, 1.807) is 15.9 Å². The number of hydrogen-bond donors (Lipinski definition) is 0. The number of aromatic nitrogens is 2. The summed E-state index contributed by atoms with van der Waals surface area (Å²) in [4.78, 5) is 33.3. The maximum Gasteiger partial charge on any atom is 0.263 e. The number of fused-ring (bicyclic) bond motifs is 3. The van der Waals surface area contributed by atoms with E-state index in [9.17, 15) is 9.59 Å². The Bertz CT molecular complexity index is 1080. The summed E-state index contributed by atoms with van der Waals surface area (Å²) in [6.07, 6.45) is 4.31. The lowest BCUT2D eigenvalue weighted by atomic mass is 9.97. The number of aryl methyl sites for hydroxylation is 2. The van der Waals surface area contributed by atoms with Gasteiger partial charge >= 0.3 is 0 Å². The highest BCUT2D eigenvalue weighted by Crippen LogP contribution is 2.34. The molecule has 1 aliphatic carbocycles. The molecule has 0 unspecified atom stereocenters. The van der Waals surface area contributed by atoms with Crippen molar-refractivity contribution < 1.29 is 4.79 Å². The van der Waals surface area contributed by atoms with Gasteiger partial charge in [-0.05, 0) is 49.6 Å². The van der Waals surface area contributed by atoms with Crippen molar-refractivity contribution in [3.05, 3.63) is 55.3 Å². The zero-order valence-corrected chi connectivity index (χ0v) is 17.6. The summed E-state index contributed by atoms with van der Waals surface area (Å²) in [5, 5.41) is 3.29. The topological polar surface area (TPSA) is 52.0 Å². The molecule has 3 aromatic heterocycles. The molecule has 0 radical (unpaired) electrons. The Balaban J connectivity index is 1.75. The lowest BCUT2D eigenvalue weighted by Gasteiger charge is -2.13. The first-order valence-corrected chi connectivity index (χ1v) is 11.6. The van der Waals surface area contributed by atoms with Gasteiger partial charge in [-0.3, -0.25) is 14.2 Å². The molecule has 7 heteroatoms. The SMILES string of the molecule is C=C(C)Cn1c(SCC(=O)c2cccs2)nc2sc3c(c2c1=O)CCCC3. The van der Waals surface area contributed by atoms with Gasteiger partial charge in [0, 0.05) is 11.4 Å². The lowest BCUT2D eigenvalue weighted by molar-refractivity contribution is 0.102. The largest absolute Gasteiger partial charge is 0.292 e. The third-order valence-corrected chi connectivity index (χ3v) is 7.67. The van der Waals surface area contributed by atoms with Gasteiger partial charge in [-0.15, -0.1) is 22.7 Å². The van der Waals surface area contributed by atoms with Crippen LogP contribution in [0.25, 0.3) is 10.2 Å². The van der Waals surface area contributed by atoms with Gasteiger partial charge in [-0.2, -0.15) is 0 Å². The molecule has 0 spiro atoms. The number of ketones is 1. The number of carbonyl (C=O) groups is 1. The number of thioether (sulfide) groups is 1. The van der Waals surface area contributed by atoms with Gasteiger partial charge in [0.25, 0.3) is 5.56 Å². The quantitative estimate of drug-likeness (QED) is 0.247. The van der Waals surface area contributed by atoms with Gasteiger partial charge in [0.1, 0.15) is 4.83 Å². The summed E-state index contributed by atoms with van der Waals surface area (Å²) >= 11 is 4.43. The molecule has 27 heavy (non-hydrogen) atoms. The first-order valence-electron chi connectivity index (χ1n) is 8.93. The first kappa shape index (κ1) is 18.7. The summed E-state index contributed by atoms with van der Waals surface area (Å²) in [5.74, 6) is 0.344. The van der Waals surface area contributed by atoms with Gasteiger partial charge in [0.05, 0.1) is 16.0 Å². The van der Waals surface area contributed by atoms with Crippen molar-refractivity contribution >= 4 is 50.4 Å². The van der Waals surface area contributed by atoms with Crippen molar-refractivity contribution in [1.82, 2.24) is 9.55 Å². The van der Waals surface area contributed by atoms with E-state index >= 15 is 0 Å². The monoisotopic (exact) mass is 416 g/mol. The van der Waals surface area contributed by atoms with E-state index in [1.807, 2.05) is 24.4 Å². The molecule has 0 bridgehead atoms. The van der Waals surface area contributed by atoms with Crippen LogP contribution < -0.4 is 5.56 Å². The van der Waals surface area contributed by atoms with Crippen LogP contribution in [-0.2, 0) is 19.4 Å². The summed E-state index contributed by atoms with van der Waals surface area (Å²) in [7, 11) is 0. The number of rotatable bonds is 6. The predicted octanol–water partition coefficient (Wildman–Crippen LogP) is 4.95. The molecule has 140 valence electrons. The molecule has 0 saturated heterocycles. The second-order valence-corrected chi connectivity index (χ2v) is 9.80. The Labute approximate surface area is 170 Å². The molecule has 4 rings (SSSR count). The van der Waals surface area contributed by atoms with Crippen LogP contribution in [0.3, 0.4) is 0 Å². The number of carbonyl (C=O) groups excluding carboxylic acids is 1. The minimum Gasteiger partial charge on any atom is -0.292 e. The highest BCUT2D eigenvalue weighted by Gasteiger charge is 2.22. The molecule has 1 aliphatic rings. The lowest BCUT2D eigenvalue weighted by Crippen LogP contribution is -2.24. The predicted molar refractivity (Wildman–Crippen MR) is 115 cm³/mol. The molecular weight excluding hydrogens is 396 g/mol. The number of thiophene rings is 2. The second-order valence-electron chi connectivity index (χ2n) is 6.82. The van der Waals surface area contributed by atoms with E-state index in [-0.39, 0.29) is 17.1 Å². The fourth-order valence-electron chi connectivity index (χ4n) is 3.38. The average Bonchev–Trinajstić information content (AvgIpc) is 3.29. The van der Waals surface area contributed by atoms with Gasteiger partial charge in [0.2, 0.25) is 0 Å². The molecule has 0 fully saturated rings. The second kappa shape index (κ2) is 7.73. The number of Topliss-reactive ketones (excluding diaryl/α,β-unsaturated/α-hetero) is 1. The number of hydrogen-bond acceptors (Lipinski definition) is 6. The Kier molecular flexibility index (Phi) is 5.34. The fourth-order valence-corrected chi connectivity index (χ4v) is 6.32. The molecule has 3 heterocycles. The molecule has 0 aromatic carbocycles. The van der Waals surface area contributed by atoms with Gasteiger partial charge < -0.3 is 0 Å². The number of nitrogens with zero attached hydrogens (tertiary/aromatic N) is 2. The van der Waals surface area contributed by atoms with E-state index in [1.165, 1.54) is 40.0 Å². The third-order valence-electron chi connectivity index (χ3n) is 4.60. The molecule has 0 atom stereocenters. The van der Waals surface area contributed by atoms with Crippen LogP contribution >= 0.6 is 34.4 Å². The minimum atomic E-state index is 0.00784. The van der Waals surface area contributed by atoms with E-state index in [2.05, 4.69) is 6.58 Å². The van der Waals surface area contributed by atoms with Crippen molar-refractivity contribution in [2.75, 3.05) is 5.75 Å². The van der Waals surface area contributed by atoms with Gasteiger partial charge in [-0.25, -0.2) is 4.98 Å². The van der Waals surface area contributed by atoms with Crippen molar-refractivity contribution in [1.29, 1.82) is 0 Å². The smallest absolute Gasteiger partial charge is 0.263 e. The Hall–Kier alpha value is -1.70. The summed E-state index contributed by atoms with van der Waals surface area (Å²) in [5.41, 5.74) is 2.10. The van der Waals surface area contributed by atoms with Crippen LogP contribution in [0.1, 0.15) is 39.9 Å². The van der Waals surface area contributed by atoms with Crippen molar-refractivity contribution in [3.63, 3.8) is 0 Å². The van der Waals surface area contributed by atoms with Gasteiger partial charge in [0.15, 0.2) is 10.9 Å². The fraction of sp³-hybridized carbons (Fsp3) is 0.350. The molecule has 0 saturated carbocycles. The van der Waals surface area contributed by atoms with Crippen LogP contribution in [0, 0.1) is 0 Å². The van der Waals surface area contributed by atoms with Crippen LogP contribution in [0.15, 0.2) is 39.6 Å². The van der Waals surface area contributed by atoms with Crippen LogP contribution in [0.4, 0.5) is 0 Å². The molecule has 0 amide bonds. The summed E-state index contributed by atoms with van der Waals surface area (Å²) in [6.45, 7) is 6.30. The van der Waals surface area contributed by atoms with E-state index in [0.717, 1.165) is 39.9 Å². The maximum atomic E-state index is 13.3. The molecule has 3 aromatic rings. The van der Waals surface area contributed by atoms with E-state index in [0.29, 0.717) is 11.7 Å². The van der Waals surface area contributed by atoms with E-state index in [4.69, 9.17) is 4.98 Å². The Morgan fingerprint density at radius 3 is 2.93 bits per heavy atom. The highest BCUT2D eigenvalue weighted by atomic mass is 32.2. The standard InChI is InChI=1S/C20H20N2O2S3/c1-12(2)10-22-19(24)17-13-6-3-4-7-15(13)27-18(17)21-20(22)26-11-14(23)16-8-5-9-25-16/h5,8-9H,1,3-4,6-7,10-11H2,2H3. The number of allylic oxidation sites excluding steroid dienone is 1. The van der Waals surface area contributed by atoms with Crippen molar-refractivity contribution in [2.45, 2.75) is 44.3 Å². The Morgan fingerprint density at radius 1 is 1.37 bits per heavy atom. The normalized spacial score (nSPS) is 13.7. The summed E-state index contributed by atoms with van der Waals surface area (Å²) in [6, 6.07) is 3.71. The van der Waals surface area contributed by atoms with Crippen LogP contribution in [0.5, 0.6) is 0 Å². The van der Waals surface area contributed by atoms with Crippen molar-refractivity contribution in [2.24, 2.45) is 0 Å². The molecule has 0 N–H and O–H groups in total. The molecule has 0 aliphatic heterocycles. The maximum absolute atomic E-state index is 13.3. The van der Waals surface area contributed by atoms with Crippen molar-refractivity contribution in [3.8, 4) is 0 Å². The first-order chi connectivity index (χ1) is 13.0. The average molecular weight is 417 g/mol.